The normalized spacial score (nSPS) is 14.4. The molecule has 0 saturated heterocycles. The predicted octanol–water partition coefficient (Wildman–Crippen LogP) is 2.35. The number of ether oxygens (including phenoxy) is 3. The summed E-state index contributed by atoms with van der Waals surface area (Å²) in [5.41, 5.74) is 1.15. The highest BCUT2D eigenvalue weighted by molar-refractivity contribution is 5.91. The van der Waals surface area contributed by atoms with Gasteiger partial charge in [-0.3, -0.25) is 4.79 Å². The van der Waals surface area contributed by atoms with Crippen LogP contribution in [0.5, 0.6) is 11.5 Å². The number of esters is 1. The number of rotatable bonds is 8. The first-order chi connectivity index (χ1) is 15.8. The number of nitrogens with one attached hydrogen (secondary N) is 2. The number of hydrogen-bond donors (Lipinski definition) is 2. The van der Waals surface area contributed by atoms with Crippen molar-refractivity contribution >= 4 is 17.9 Å². The second-order valence-corrected chi connectivity index (χ2v) is 8.03. The van der Waals surface area contributed by atoms with E-state index in [2.05, 4.69) is 10.6 Å². The van der Waals surface area contributed by atoms with Gasteiger partial charge in [-0.1, -0.05) is 24.3 Å². The highest BCUT2D eigenvalue weighted by Crippen LogP contribution is 2.30. The lowest BCUT2D eigenvalue weighted by molar-refractivity contribution is -0.134. The van der Waals surface area contributed by atoms with Gasteiger partial charge in [-0.25, -0.2) is 9.59 Å². The Balaban J connectivity index is 1.41. The monoisotopic (exact) mass is 455 g/mol. The summed E-state index contributed by atoms with van der Waals surface area (Å²) in [5.74, 6) is 0.375. The van der Waals surface area contributed by atoms with Crippen LogP contribution in [0.1, 0.15) is 29.8 Å². The van der Waals surface area contributed by atoms with E-state index in [0.29, 0.717) is 36.8 Å². The molecular weight excluding hydrogens is 426 g/mol. The van der Waals surface area contributed by atoms with Crippen LogP contribution in [-0.2, 0) is 16.1 Å². The van der Waals surface area contributed by atoms with Crippen LogP contribution in [0.2, 0.25) is 0 Å². The lowest BCUT2D eigenvalue weighted by Crippen LogP contribution is -2.43. The Hall–Kier alpha value is -3.75. The van der Waals surface area contributed by atoms with Crippen LogP contribution < -0.4 is 20.1 Å². The van der Waals surface area contributed by atoms with E-state index in [9.17, 15) is 14.4 Å². The quantitative estimate of drug-likeness (QED) is 0.592. The SMILES string of the molecule is CC(C)NC(=O)NCc1ccc(C(=O)OCC(=O)N(C)CC2COc3ccccc3O2)cc1. The Morgan fingerprint density at radius 2 is 1.79 bits per heavy atom. The minimum absolute atomic E-state index is 0.0455. The van der Waals surface area contributed by atoms with Gasteiger partial charge in [0, 0.05) is 19.6 Å². The zero-order chi connectivity index (χ0) is 23.8. The molecule has 1 aliphatic rings. The molecule has 0 fully saturated rings. The molecule has 2 aromatic rings. The zero-order valence-corrected chi connectivity index (χ0v) is 19.0. The Kier molecular flexibility index (Phi) is 8.12. The molecule has 1 heterocycles. The van der Waals surface area contributed by atoms with Crippen LogP contribution in [0.3, 0.4) is 0 Å². The summed E-state index contributed by atoms with van der Waals surface area (Å²) < 4.78 is 16.7. The van der Waals surface area contributed by atoms with Crippen molar-refractivity contribution < 1.29 is 28.6 Å². The third-order valence-corrected chi connectivity index (χ3v) is 4.86. The van der Waals surface area contributed by atoms with Crippen LogP contribution in [0.4, 0.5) is 4.79 Å². The molecule has 33 heavy (non-hydrogen) atoms. The van der Waals surface area contributed by atoms with Gasteiger partial charge in [-0.2, -0.15) is 0 Å². The summed E-state index contributed by atoms with van der Waals surface area (Å²) in [6.07, 6.45) is -0.312. The largest absolute Gasteiger partial charge is 0.486 e. The van der Waals surface area contributed by atoms with Crippen molar-refractivity contribution in [1.29, 1.82) is 0 Å². The molecule has 0 radical (unpaired) electrons. The summed E-state index contributed by atoms with van der Waals surface area (Å²) >= 11 is 0. The molecule has 1 unspecified atom stereocenters. The molecule has 3 rings (SSSR count). The second-order valence-electron chi connectivity index (χ2n) is 8.03. The second kappa shape index (κ2) is 11.2. The first kappa shape index (κ1) is 23.9. The minimum Gasteiger partial charge on any atom is -0.486 e. The Morgan fingerprint density at radius 3 is 2.48 bits per heavy atom. The molecule has 9 heteroatoms. The molecule has 3 amide bonds. The van der Waals surface area contributed by atoms with Crippen molar-refractivity contribution in [2.45, 2.75) is 32.5 Å². The predicted molar refractivity (Wildman–Crippen MR) is 121 cm³/mol. The van der Waals surface area contributed by atoms with Gasteiger partial charge in [0.25, 0.3) is 5.91 Å². The molecule has 2 N–H and O–H groups in total. The van der Waals surface area contributed by atoms with Crippen LogP contribution in [-0.4, -0.2) is 61.8 Å². The number of urea groups is 1. The van der Waals surface area contributed by atoms with E-state index in [4.69, 9.17) is 14.2 Å². The van der Waals surface area contributed by atoms with E-state index >= 15 is 0 Å². The molecule has 1 atom stereocenters. The Bertz CT molecular complexity index is 976. The number of para-hydroxylation sites is 2. The van der Waals surface area contributed by atoms with Gasteiger partial charge in [0.15, 0.2) is 24.2 Å². The first-order valence-electron chi connectivity index (χ1n) is 10.7. The van der Waals surface area contributed by atoms with Crippen molar-refractivity contribution in [2.75, 3.05) is 26.8 Å². The van der Waals surface area contributed by atoms with Crippen molar-refractivity contribution in [1.82, 2.24) is 15.5 Å². The number of hydrogen-bond acceptors (Lipinski definition) is 6. The average molecular weight is 456 g/mol. The molecule has 9 nitrogen and oxygen atoms in total. The van der Waals surface area contributed by atoms with Crippen molar-refractivity contribution in [2.24, 2.45) is 0 Å². The van der Waals surface area contributed by atoms with Crippen LogP contribution >= 0.6 is 0 Å². The van der Waals surface area contributed by atoms with Gasteiger partial charge in [-0.05, 0) is 43.7 Å². The van der Waals surface area contributed by atoms with Gasteiger partial charge in [0.2, 0.25) is 0 Å². The number of likely N-dealkylation sites (N-methyl/N-ethyl adjacent to an activating group) is 1. The highest BCUT2D eigenvalue weighted by Gasteiger charge is 2.24. The smallest absolute Gasteiger partial charge is 0.338 e. The summed E-state index contributed by atoms with van der Waals surface area (Å²) in [5, 5.41) is 5.47. The van der Waals surface area contributed by atoms with Gasteiger partial charge >= 0.3 is 12.0 Å². The highest BCUT2D eigenvalue weighted by atomic mass is 16.6. The standard InChI is InChI=1S/C24H29N3O6/c1-16(2)26-24(30)25-12-17-8-10-18(11-9-17)23(29)32-15-22(28)27(3)13-19-14-31-20-6-4-5-7-21(20)33-19/h4-11,16,19H,12-15H2,1-3H3,(H2,25,26,30). The maximum atomic E-state index is 12.4. The number of nitrogens with zero attached hydrogens (tertiary/aromatic N) is 1. The molecule has 1 aliphatic heterocycles. The summed E-state index contributed by atoms with van der Waals surface area (Å²) in [7, 11) is 1.62. The molecule has 0 aromatic heterocycles. The van der Waals surface area contributed by atoms with Gasteiger partial charge in [0.1, 0.15) is 6.61 Å². The van der Waals surface area contributed by atoms with Crippen LogP contribution in [0.15, 0.2) is 48.5 Å². The molecule has 176 valence electrons. The van der Waals surface area contributed by atoms with Gasteiger partial charge < -0.3 is 29.7 Å². The Morgan fingerprint density at radius 1 is 1.09 bits per heavy atom. The maximum absolute atomic E-state index is 12.4. The minimum atomic E-state index is -0.597. The number of benzene rings is 2. The maximum Gasteiger partial charge on any atom is 0.338 e. The molecular formula is C24H29N3O6. The summed E-state index contributed by atoms with van der Waals surface area (Å²) in [4.78, 5) is 37.8. The zero-order valence-electron chi connectivity index (χ0n) is 19.0. The molecule has 0 saturated carbocycles. The van der Waals surface area contributed by atoms with E-state index < -0.39 is 5.97 Å². The van der Waals surface area contributed by atoms with Crippen molar-refractivity contribution in [3.05, 3.63) is 59.7 Å². The van der Waals surface area contributed by atoms with Crippen molar-refractivity contribution in [3.63, 3.8) is 0 Å². The lowest BCUT2D eigenvalue weighted by atomic mass is 10.1. The van der Waals surface area contributed by atoms with E-state index in [0.717, 1.165) is 5.56 Å². The topological polar surface area (TPSA) is 106 Å². The van der Waals surface area contributed by atoms with E-state index in [1.807, 2.05) is 38.1 Å². The first-order valence-corrected chi connectivity index (χ1v) is 10.7. The lowest BCUT2D eigenvalue weighted by Gasteiger charge is -2.29. The van der Waals surface area contributed by atoms with Gasteiger partial charge in [-0.15, -0.1) is 0 Å². The molecule has 0 bridgehead atoms. The summed E-state index contributed by atoms with van der Waals surface area (Å²) in [6, 6.07) is 13.8. The van der Waals surface area contributed by atoms with Crippen LogP contribution in [0, 0.1) is 0 Å². The number of fused-ring (bicyclic) bond motifs is 1. The van der Waals surface area contributed by atoms with E-state index in [-0.39, 0.29) is 30.7 Å². The fourth-order valence-corrected chi connectivity index (χ4v) is 3.14. The van der Waals surface area contributed by atoms with Gasteiger partial charge in [0.05, 0.1) is 12.1 Å². The Labute approximate surface area is 193 Å². The average Bonchev–Trinajstić information content (AvgIpc) is 2.80. The molecule has 2 aromatic carbocycles. The number of carbonyl (C=O) groups excluding carboxylic acids is 3. The third kappa shape index (κ3) is 7.13. The molecule has 0 spiro atoms. The van der Waals surface area contributed by atoms with E-state index in [1.165, 1.54) is 4.90 Å². The van der Waals surface area contributed by atoms with Crippen molar-refractivity contribution in [3.8, 4) is 11.5 Å². The fourth-order valence-electron chi connectivity index (χ4n) is 3.14. The van der Waals surface area contributed by atoms with Crippen LogP contribution in [0.25, 0.3) is 0 Å². The molecule has 0 aliphatic carbocycles. The van der Waals surface area contributed by atoms with E-state index in [1.54, 1.807) is 31.3 Å². The third-order valence-electron chi connectivity index (χ3n) is 4.86. The number of amides is 3. The number of carbonyl (C=O) groups is 3. The fraction of sp³-hybridized carbons (Fsp3) is 0.375. The summed E-state index contributed by atoms with van der Waals surface area (Å²) in [6.45, 7) is 4.33.